The van der Waals surface area contributed by atoms with Crippen molar-refractivity contribution in [3.63, 3.8) is 0 Å². The van der Waals surface area contributed by atoms with Crippen molar-refractivity contribution >= 4 is 35.8 Å². The number of hydrogen-bond donors (Lipinski definition) is 2. The van der Waals surface area contributed by atoms with Crippen molar-refractivity contribution in [2.75, 3.05) is 23.4 Å². The number of aromatic nitrogens is 2. The van der Waals surface area contributed by atoms with Gasteiger partial charge in [0.2, 0.25) is 18.1 Å². The van der Waals surface area contributed by atoms with Crippen LogP contribution in [0.25, 0.3) is 11.4 Å². The molecule has 1 unspecified atom stereocenters. The van der Waals surface area contributed by atoms with Crippen LogP contribution in [-0.2, 0) is 4.79 Å². The maximum Gasteiger partial charge on any atom is 0.225 e. The lowest BCUT2D eigenvalue weighted by Gasteiger charge is -2.22. The summed E-state index contributed by atoms with van der Waals surface area (Å²) in [5, 5.41) is 10.0. The molecule has 22 heavy (non-hydrogen) atoms. The molecule has 8 heteroatoms. The van der Waals surface area contributed by atoms with E-state index in [0.29, 0.717) is 12.2 Å². The van der Waals surface area contributed by atoms with Gasteiger partial charge in [-0.15, -0.1) is 12.4 Å². The van der Waals surface area contributed by atoms with Gasteiger partial charge in [-0.25, -0.2) is 0 Å². The Balaban J connectivity index is 0.00000176. The Morgan fingerprint density at radius 1 is 1.41 bits per heavy atom. The van der Waals surface area contributed by atoms with E-state index in [4.69, 9.17) is 4.52 Å². The fourth-order valence-corrected chi connectivity index (χ4v) is 3.14. The Bertz CT molecular complexity index is 585. The van der Waals surface area contributed by atoms with Crippen LogP contribution < -0.4 is 10.6 Å². The molecule has 0 radical (unpaired) electrons. The fraction of sp³-hybridized carbons (Fsp3) is 0.357. The van der Waals surface area contributed by atoms with Crippen molar-refractivity contribution in [3.05, 3.63) is 30.7 Å². The summed E-state index contributed by atoms with van der Waals surface area (Å²) < 4.78 is 4.71. The van der Waals surface area contributed by atoms with Gasteiger partial charge < -0.3 is 15.2 Å². The fourth-order valence-electron chi connectivity index (χ4n) is 2.19. The van der Waals surface area contributed by atoms with Crippen molar-refractivity contribution in [2.45, 2.75) is 12.5 Å². The van der Waals surface area contributed by atoms with Crippen LogP contribution in [0.2, 0.25) is 0 Å². The quantitative estimate of drug-likeness (QED) is 0.888. The van der Waals surface area contributed by atoms with Crippen LogP contribution >= 0.6 is 24.2 Å². The van der Waals surface area contributed by atoms with Gasteiger partial charge in [0.25, 0.3) is 0 Å². The number of thioether (sulfide) groups is 1. The molecule has 3 rings (SSSR count). The molecule has 2 N–H and O–H groups in total. The monoisotopic (exact) mass is 340 g/mol. The Morgan fingerprint density at radius 2 is 2.23 bits per heavy atom. The molecule has 2 aromatic rings. The average Bonchev–Trinajstić information content (AvgIpc) is 3.03. The lowest BCUT2D eigenvalue weighted by molar-refractivity contribution is -0.116. The first-order valence-electron chi connectivity index (χ1n) is 6.79. The third kappa shape index (κ3) is 4.46. The second-order valence-electron chi connectivity index (χ2n) is 4.81. The summed E-state index contributed by atoms with van der Waals surface area (Å²) in [7, 11) is 0. The largest absolute Gasteiger partial charge is 0.342 e. The van der Waals surface area contributed by atoms with E-state index in [2.05, 4.69) is 20.8 Å². The first-order chi connectivity index (χ1) is 10.3. The zero-order valence-corrected chi connectivity index (χ0v) is 13.5. The normalized spacial score (nSPS) is 17.5. The lowest BCUT2D eigenvalue weighted by Crippen LogP contribution is -2.39. The Hall–Kier alpha value is -1.57. The van der Waals surface area contributed by atoms with Gasteiger partial charge in [-0.3, -0.25) is 4.79 Å². The minimum Gasteiger partial charge on any atom is -0.342 e. The number of rotatable bonds is 4. The molecular weight excluding hydrogens is 324 g/mol. The molecular formula is C14H17ClN4O2S. The molecule has 1 atom stereocenters. The Morgan fingerprint density at radius 3 is 2.86 bits per heavy atom. The van der Waals surface area contributed by atoms with Gasteiger partial charge in [-0.05, 0) is 24.3 Å². The van der Waals surface area contributed by atoms with Crippen LogP contribution in [0.1, 0.15) is 6.42 Å². The third-order valence-corrected chi connectivity index (χ3v) is 4.35. The highest BCUT2D eigenvalue weighted by Crippen LogP contribution is 2.18. The Labute approximate surface area is 138 Å². The summed E-state index contributed by atoms with van der Waals surface area (Å²) >= 11 is 1.89. The molecule has 118 valence electrons. The number of carbonyl (C=O) groups excluding carboxylic acids is 1. The van der Waals surface area contributed by atoms with Crippen LogP contribution in [0.5, 0.6) is 0 Å². The van der Waals surface area contributed by atoms with Crippen molar-refractivity contribution in [2.24, 2.45) is 0 Å². The SMILES string of the molecule is Cl.O=C(CC1CSCCN1)Nc1ccc(-c2ncon2)cc1. The molecule has 1 aliphatic rings. The molecule has 1 fully saturated rings. The number of hydrogen-bond acceptors (Lipinski definition) is 6. The first kappa shape index (κ1) is 16.8. The topological polar surface area (TPSA) is 80.0 Å². The zero-order valence-electron chi connectivity index (χ0n) is 11.8. The highest BCUT2D eigenvalue weighted by atomic mass is 35.5. The maximum atomic E-state index is 12.0. The molecule has 2 heterocycles. The summed E-state index contributed by atoms with van der Waals surface area (Å²) in [5.74, 6) is 2.68. The van der Waals surface area contributed by atoms with Gasteiger partial charge in [0.1, 0.15) is 0 Å². The van der Waals surface area contributed by atoms with Crippen LogP contribution in [0, 0.1) is 0 Å². The molecule has 0 saturated carbocycles. The van der Waals surface area contributed by atoms with E-state index in [0.717, 1.165) is 29.3 Å². The molecule has 1 aliphatic heterocycles. The molecule has 0 bridgehead atoms. The van der Waals surface area contributed by atoms with Gasteiger partial charge in [0.15, 0.2) is 0 Å². The van der Waals surface area contributed by atoms with E-state index in [9.17, 15) is 4.79 Å². The van der Waals surface area contributed by atoms with Gasteiger partial charge >= 0.3 is 0 Å². The van der Waals surface area contributed by atoms with Crippen molar-refractivity contribution in [1.82, 2.24) is 15.5 Å². The minimum atomic E-state index is 0. The van der Waals surface area contributed by atoms with Crippen molar-refractivity contribution in [3.8, 4) is 11.4 Å². The van der Waals surface area contributed by atoms with Crippen LogP contribution in [0.15, 0.2) is 35.2 Å². The van der Waals surface area contributed by atoms with Gasteiger partial charge in [0.05, 0.1) is 0 Å². The molecule has 0 spiro atoms. The van der Waals surface area contributed by atoms with Crippen molar-refractivity contribution in [1.29, 1.82) is 0 Å². The number of anilines is 1. The average molecular weight is 341 g/mol. The number of benzene rings is 1. The predicted octanol–water partition coefficient (Wildman–Crippen LogP) is 2.19. The van der Waals surface area contributed by atoms with Gasteiger partial charge in [-0.1, -0.05) is 5.16 Å². The van der Waals surface area contributed by atoms with Gasteiger partial charge in [-0.2, -0.15) is 16.7 Å². The summed E-state index contributed by atoms with van der Waals surface area (Å²) in [4.78, 5) is 16.0. The predicted molar refractivity (Wildman–Crippen MR) is 89.3 cm³/mol. The number of carbonyl (C=O) groups is 1. The van der Waals surface area contributed by atoms with Crippen molar-refractivity contribution < 1.29 is 9.32 Å². The maximum absolute atomic E-state index is 12.0. The van der Waals surface area contributed by atoms with Crippen LogP contribution in [0.4, 0.5) is 5.69 Å². The summed E-state index contributed by atoms with van der Waals surface area (Å²) in [6, 6.07) is 7.66. The summed E-state index contributed by atoms with van der Waals surface area (Å²) in [5.41, 5.74) is 1.63. The van der Waals surface area contributed by atoms with E-state index in [1.807, 2.05) is 36.0 Å². The first-order valence-corrected chi connectivity index (χ1v) is 7.94. The van der Waals surface area contributed by atoms with Gasteiger partial charge in [0, 0.05) is 41.8 Å². The summed E-state index contributed by atoms with van der Waals surface area (Å²) in [6.45, 7) is 0.974. The number of amides is 1. The molecule has 6 nitrogen and oxygen atoms in total. The summed E-state index contributed by atoms with van der Waals surface area (Å²) in [6.07, 6.45) is 1.79. The van der Waals surface area contributed by atoms with E-state index >= 15 is 0 Å². The minimum absolute atomic E-state index is 0. The second-order valence-corrected chi connectivity index (χ2v) is 5.96. The highest BCUT2D eigenvalue weighted by Gasteiger charge is 2.16. The smallest absolute Gasteiger partial charge is 0.225 e. The molecule has 1 amide bonds. The second kappa shape index (κ2) is 8.17. The number of nitrogens with zero attached hydrogens (tertiary/aromatic N) is 2. The van der Waals surface area contributed by atoms with E-state index < -0.39 is 0 Å². The number of halogens is 1. The number of nitrogens with one attached hydrogen (secondary N) is 2. The highest BCUT2D eigenvalue weighted by molar-refractivity contribution is 7.99. The van der Waals surface area contributed by atoms with Crippen LogP contribution in [0.3, 0.4) is 0 Å². The molecule has 1 aromatic carbocycles. The molecule has 1 aromatic heterocycles. The van der Waals surface area contributed by atoms with E-state index in [-0.39, 0.29) is 24.4 Å². The third-order valence-electron chi connectivity index (χ3n) is 3.22. The van der Waals surface area contributed by atoms with E-state index in [1.54, 1.807) is 0 Å². The molecule has 0 aliphatic carbocycles. The lowest BCUT2D eigenvalue weighted by atomic mass is 10.2. The Kier molecular flexibility index (Phi) is 6.23. The molecule has 1 saturated heterocycles. The zero-order chi connectivity index (χ0) is 14.5. The van der Waals surface area contributed by atoms with Crippen LogP contribution in [-0.4, -0.2) is 40.1 Å². The van der Waals surface area contributed by atoms with E-state index in [1.165, 1.54) is 6.39 Å². The standard InChI is InChI=1S/C14H16N4O2S.ClH/c19-13(7-12-8-21-6-5-15-12)17-11-3-1-10(2-4-11)14-16-9-20-18-14;/h1-4,9,12,15H,5-8H2,(H,17,19);1H.